The standard InChI is InChI=1S/C25H18ClF4N3O2/c1-14-24(35)33(13-22(34)32-20-9-5-3-7-18(20)25(28,29)30)21-11-10-15(26)12-17(21)23(31-14)16-6-2-4-8-19(16)27/h2-12,14H,13H2,1H3,(H,32,34)/t14-/m0/s1. The van der Waals surface area contributed by atoms with Crippen LogP contribution in [0, 0.1) is 5.82 Å². The van der Waals surface area contributed by atoms with E-state index in [0.29, 0.717) is 10.6 Å². The second-order valence-corrected chi connectivity index (χ2v) is 8.25. The first-order chi connectivity index (χ1) is 16.6. The van der Waals surface area contributed by atoms with Gasteiger partial charge in [0.1, 0.15) is 18.4 Å². The Labute approximate surface area is 203 Å². The summed E-state index contributed by atoms with van der Waals surface area (Å²) >= 11 is 6.18. The molecule has 35 heavy (non-hydrogen) atoms. The molecule has 0 saturated heterocycles. The molecule has 4 rings (SSSR count). The quantitative estimate of drug-likeness (QED) is 0.464. The number of nitrogens with one attached hydrogen (secondary N) is 1. The summed E-state index contributed by atoms with van der Waals surface area (Å²) in [5, 5.41) is 2.53. The second kappa shape index (κ2) is 9.50. The molecule has 0 spiro atoms. The molecule has 0 fully saturated rings. The number of rotatable bonds is 4. The van der Waals surface area contributed by atoms with E-state index in [-0.39, 0.29) is 17.0 Å². The van der Waals surface area contributed by atoms with Gasteiger partial charge in [0.05, 0.1) is 22.6 Å². The molecule has 0 bridgehead atoms. The molecule has 0 unspecified atom stereocenters. The van der Waals surface area contributed by atoms with E-state index in [1.54, 1.807) is 6.07 Å². The van der Waals surface area contributed by atoms with Gasteiger partial charge in [-0.1, -0.05) is 35.9 Å². The zero-order valence-corrected chi connectivity index (χ0v) is 19.0. The Bertz CT molecular complexity index is 1340. The van der Waals surface area contributed by atoms with Gasteiger partial charge in [0.25, 0.3) is 5.91 Å². The summed E-state index contributed by atoms with van der Waals surface area (Å²) in [6.07, 6.45) is -4.68. The van der Waals surface area contributed by atoms with Gasteiger partial charge in [-0.05, 0) is 49.4 Å². The van der Waals surface area contributed by atoms with Crippen LogP contribution in [0.1, 0.15) is 23.6 Å². The minimum atomic E-state index is -4.68. The van der Waals surface area contributed by atoms with Crippen LogP contribution in [0.25, 0.3) is 0 Å². The molecule has 5 nitrogen and oxygen atoms in total. The number of carbonyl (C=O) groups excluding carboxylic acids is 2. The molecular weight excluding hydrogens is 486 g/mol. The molecule has 1 atom stereocenters. The lowest BCUT2D eigenvalue weighted by Crippen LogP contribution is -2.42. The fourth-order valence-electron chi connectivity index (χ4n) is 3.80. The first kappa shape index (κ1) is 24.4. The molecule has 3 aromatic rings. The molecule has 10 heteroatoms. The summed E-state index contributed by atoms with van der Waals surface area (Å²) in [5.41, 5.74) is -0.595. The highest BCUT2D eigenvalue weighted by Crippen LogP contribution is 2.35. The topological polar surface area (TPSA) is 61.8 Å². The highest BCUT2D eigenvalue weighted by Gasteiger charge is 2.35. The van der Waals surface area contributed by atoms with Gasteiger partial charge in [-0.25, -0.2) is 4.39 Å². The largest absolute Gasteiger partial charge is 0.418 e. The van der Waals surface area contributed by atoms with Crippen molar-refractivity contribution >= 4 is 40.5 Å². The Morgan fingerprint density at radius 2 is 1.74 bits per heavy atom. The Kier molecular flexibility index (Phi) is 6.62. The Hall–Kier alpha value is -3.72. The van der Waals surface area contributed by atoms with Crippen molar-refractivity contribution < 1.29 is 27.2 Å². The average molecular weight is 504 g/mol. The van der Waals surface area contributed by atoms with E-state index in [1.165, 1.54) is 55.5 Å². The summed E-state index contributed by atoms with van der Waals surface area (Å²) in [4.78, 5) is 31.5. The molecular formula is C25H18ClF4N3O2. The van der Waals surface area contributed by atoms with E-state index < -0.39 is 47.6 Å². The van der Waals surface area contributed by atoms with E-state index in [2.05, 4.69) is 10.3 Å². The van der Waals surface area contributed by atoms with Crippen molar-refractivity contribution in [3.05, 3.63) is 94.3 Å². The second-order valence-electron chi connectivity index (χ2n) is 7.81. The van der Waals surface area contributed by atoms with Crippen LogP contribution in [0.3, 0.4) is 0 Å². The fourth-order valence-corrected chi connectivity index (χ4v) is 3.97. The maximum absolute atomic E-state index is 14.6. The number of amides is 2. The number of anilines is 2. The number of hydrogen-bond acceptors (Lipinski definition) is 3. The van der Waals surface area contributed by atoms with Crippen molar-refractivity contribution in [2.24, 2.45) is 4.99 Å². The van der Waals surface area contributed by atoms with Crippen LogP contribution in [0.4, 0.5) is 28.9 Å². The maximum atomic E-state index is 14.6. The third-order valence-corrected chi connectivity index (χ3v) is 5.62. The van der Waals surface area contributed by atoms with Crippen molar-refractivity contribution in [1.82, 2.24) is 0 Å². The van der Waals surface area contributed by atoms with Gasteiger partial charge in [-0.2, -0.15) is 13.2 Å². The Morgan fingerprint density at radius 3 is 2.46 bits per heavy atom. The number of hydrogen-bond donors (Lipinski definition) is 1. The van der Waals surface area contributed by atoms with Crippen LogP contribution in [-0.4, -0.2) is 30.1 Å². The number of carbonyl (C=O) groups is 2. The van der Waals surface area contributed by atoms with E-state index in [9.17, 15) is 27.2 Å². The van der Waals surface area contributed by atoms with E-state index >= 15 is 0 Å². The molecule has 180 valence electrons. The molecule has 2 amide bonds. The van der Waals surface area contributed by atoms with Crippen molar-refractivity contribution in [3.8, 4) is 0 Å². The monoisotopic (exact) mass is 503 g/mol. The summed E-state index contributed by atoms with van der Waals surface area (Å²) in [5.74, 6) is -2.00. The molecule has 3 aromatic carbocycles. The number of para-hydroxylation sites is 1. The van der Waals surface area contributed by atoms with Crippen LogP contribution in [0.2, 0.25) is 5.02 Å². The lowest BCUT2D eigenvalue weighted by molar-refractivity contribution is -0.137. The van der Waals surface area contributed by atoms with Gasteiger partial charge >= 0.3 is 6.18 Å². The smallest absolute Gasteiger partial charge is 0.324 e. The first-order valence-corrected chi connectivity index (χ1v) is 10.8. The minimum Gasteiger partial charge on any atom is -0.324 e. The zero-order valence-electron chi connectivity index (χ0n) is 18.2. The average Bonchev–Trinajstić information content (AvgIpc) is 2.89. The lowest BCUT2D eigenvalue weighted by atomic mass is 9.99. The molecule has 0 aromatic heterocycles. The van der Waals surface area contributed by atoms with Crippen LogP contribution >= 0.6 is 11.6 Å². The number of aliphatic imine (C=N–C) groups is 1. The molecule has 1 N–H and O–H groups in total. The summed E-state index contributed by atoms with van der Waals surface area (Å²) in [6.45, 7) is 0.893. The van der Waals surface area contributed by atoms with Crippen LogP contribution < -0.4 is 10.2 Å². The number of benzodiazepines with no additional fused rings is 1. The molecule has 1 aliphatic rings. The number of fused-ring (bicyclic) bond motifs is 1. The fraction of sp³-hybridized carbons (Fsp3) is 0.160. The summed E-state index contributed by atoms with van der Waals surface area (Å²) in [7, 11) is 0. The molecule has 0 saturated carbocycles. The Balaban J connectivity index is 1.73. The van der Waals surface area contributed by atoms with Crippen LogP contribution in [0.5, 0.6) is 0 Å². The van der Waals surface area contributed by atoms with Crippen LogP contribution in [0.15, 0.2) is 71.7 Å². The molecule has 0 aliphatic carbocycles. The molecule has 1 heterocycles. The number of benzene rings is 3. The van der Waals surface area contributed by atoms with Gasteiger partial charge in [-0.15, -0.1) is 0 Å². The highest BCUT2D eigenvalue weighted by atomic mass is 35.5. The van der Waals surface area contributed by atoms with Crippen molar-refractivity contribution in [2.45, 2.75) is 19.1 Å². The molecule has 0 radical (unpaired) electrons. The number of nitrogens with zero attached hydrogens (tertiary/aromatic N) is 2. The van der Waals surface area contributed by atoms with Crippen LogP contribution in [-0.2, 0) is 15.8 Å². The van der Waals surface area contributed by atoms with Crippen molar-refractivity contribution in [2.75, 3.05) is 16.8 Å². The SMILES string of the molecule is C[C@@H]1N=C(c2ccccc2F)c2cc(Cl)ccc2N(CC(=O)Nc2ccccc2C(F)(F)F)C1=O. The van der Waals surface area contributed by atoms with Gasteiger partial charge in [0.2, 0.25) is 5.91 Å². The zero-order chi connectivity index (χ0) is 25.3. The Morgan fingerprint density at radius 1 is 1.06 bits per heavy atom. The van der Waals surface area contributed by atoms with E-state index in [4.69, 9.17) is 11.6 Å². The normalized spacial score (nSPS) is 15.8. The predicted molar refractivity (Wildman–Crippen MR) is 125 cm³/mol. The third-order valence-electron chi connectivity index (χ3n) is 5.39. The highest BCUT2D eigenvalue weighted by molar-refractivity contribution is 6.32. The van der Waals surface area contributed by atoms with Gasteiger partial charge in [0, 0.05) is 16.1 Å². The van der Waals surface area contributed by atoms with E-state index in [1.807, 2.05) is 0 Å². The van der Waals surface area contributed by atoms with Gasteiger partial charge in [-0.3, -0.25) is 14.6 Å². The molecule has 1 aliphatic heterocycles. The summed E-state index contributed by atoms with van der Waals surface area (Å²) < 4.78 is 54.6. The third kappa shape index (κ3) is 5.05. The van der Waals surface area contributed by atoms with Gasteiger partial charge < -0.3 is 10.2 Å². The lowest BCUT2D eigenvalue weighted by Gasteiger charge is -2.24. The minimum absolute atomic E-state index is 0.140. The van der Waals surface area contributed by atoms with Crippen molar-refractivity contribution in [3.63, 3.8) is 0 Å². The van der Waals surface area contributed by atoms with Crippen molar-refractivity contribution in [1.29, 1.82) is 0 Å². The number of halogens is 5. The summed E-state index contributed by atoms with van der Waals surface area (Å²) in [6, 6.07) is 13.9. The predicted octanol–water partition coefficient (Wildman–Crippen LogP) is 5.71. The number of alkyl halides is 3. The van der Waals surface area contributed by atoms with Gasteiger partial charge in [0.15, 0.2) is 0 Å². The van der Waals surface area contributed by atoms with E-state index in [0.717, 1.165) is 17.0 Å². The first-order valence-electron chi connectivity index (χ1n) is 10.5. The maximum Gasteiger partial charge on any atom is 0.418 e.